The third-order valence-electron chi connectivity index (χ3n) is 2.30. The predicted molar refractivity (Wildman–Crippen MR) is 56.0 cm³/mol. The van der Waals surface area contributed by atoms with Gasteiger partial charge >= 0.3 is 0 Å². The molecule has 3 aromatic rings. The Bertz CT molecular complexity index is 629. The third kappa shape index (κ3) is 1.93. The summed E-state index contributed by atoms with van der Waals surface area (Å²) in [5, 5.41) is 22.1. The van der Waals surface area contributed by atoms with Gasteiger partial charge in [-0.2, -0.15) is 4.68 Å². The Kier molecular flexibility index (Phi) is 2.48. The number of hydrogen-bond donors (Lipinski definition) is 0. The fraction of sp³-hybridized carbons (Fsp3) is 0.111. The second kappa shape index (κ2) is 4.28. The molecule has 0 N–H and O–H groups in total. The summed E-state index contributed by atoms with van der Waals surface area (Å²) >= 11 is 0. The number of halogens is 1. The first-order valence-corrected chi connectivity index (χ1v) is 5.07. The molecule has 0 spiro atoms. The Labute approximate surface area is 100 Å². The van der Waals surface area contributed by atoms with Crippen molar-refractivity contribution in [3.63, 3.8) is 0 Å². The highest BCUT2D eigenvalue weighted by atomic mass is 19.1. The van der Waals surface area contributed by atoms with Gasteiger partial charge < -0.3 is 0 Å². The number of hydrogen-bond acceptors (Lipinski definition) is 6. The van der Waals surface area contributed by atoms with Gasteiger partial charge in [0.1, 0.15) is 18.7 Å². The average molecular weight is 246 g/mol. The first-order valence-electron chi connectivity index (χ1n) is 5.07. The van der Waals surface area contributed by atoms with Gasteiger partial charge in [-0.3, -0.25) is 0 Å². The van der Waals surface area contributed by atoms with Crippen LogP contribution in [-0.2, 0) is 6.54 Å². The van der Waals surface area contributed by atoms with E-state index in [1.807, 2.05) is 0 Å². The molecule has 18 heavy (non-hydrogen) atoms. The number of aromatic nitrogens is 8. The molecule has 0 aliphatic rings. The SMILES string of the molecule is Fc1ccc(-n2nnnc2Cn2cnnn2)cc1. The van der Waals surface area contributed by atoms with Gasteiger partial charge in [-0.25, -0.2) is 9.07 Å². The van der Waals surface area contributed by atoms with Crippen LogP contribution in [0.1, 0.15) is 5.82 Å². The Balaban J connectivity index is 1.94. The van der Waals surface area contributed by atoms with E-state index in [9.17, 15) is 4.39 Å². The van der Waals surface area contributed by atoms with Crippen LogP contribution in [0, 0.1) is 5.82 Å². The minimum Gasteiger partial charge on any atom is -0.225 e. The molecule has 0 bridgehead atoms. The number of nitrogens with zero attached hydrogens (tertiary/aromatic N) is 8. The molecule has 9 heteroatoms. The zero-order chi connectivity index (χ0) is 12.4. The van der Waals surface area contributed by atoms with E-state index in [0.29, 0.717) is 18.1 Å². The average Bonchev–Trinajstić information content (AvgIpc) is 3.02. The lowest BCUT2D eigenvalue weighted by Crippen LogP contribution is -2.09. The molecule has 8 nitrogen and oxygen atoms in total. The van der Waals surface area contributed by atoms with E-state index in [1.165, 1.54) is 27.8 Å². The topological polar surface area (TPSA) is 87.2 Å². The monoisotopic (exact) mass is 246 g/mol. The fourth-order valence-electron chi connectivity index (χ4n) is 1.48. The zero-order valence-corrected chi connectivity index (χ0v) is 9.05. The molecular formula is C9H7FN8. The van der Waals surface area contributed by atoms with Crippen molar-refractivity contribution in [2.45, 2.75) is 6.54 Å². The second-order valence-electron chi connectivity index (χ2n) is 3.49. The van der Waals surface area contributed by atoms with Gasteiger partial charge in [0.15, 0.2) is 5.82 Å². The molecule has 90 valence electrons. The van der Waals surface area contributed by atoms with E-state index in [4.69, 9.17) is 0 Å². The van der Waals surface area contributed by atoms with Crippen LogP contribution in [0.5, 0.6) is 0 Å². The summed E-state index contributed by atoms with van der Waals surface area (Å²) in [6.07, 6.45) is 1.46. The molecule has 0 fully saturated rings. The lowest BCUT2D eigenvalue weighted by atomic mass is 10.3. The maximum absolute atomic E-state index is 12.8. The molecule has 0 saturated heterocycles. The van der Waals surface area contributed by atoms with Crippen LogP contribution < -0.4 is 0 Å². The summed E-state index contributed by atoms with van der Waals surface area (Å²) < 4.78 is 15.8. The molecule has 1 aromatic carbocycles. The Morgan fingerprint density at radius 3 is 2.61 bits per heavy atom. The van der Waals surface area contributed by atoms with Crippen LogP contribution in [0.4, 0.5) is 4.39 Å². The lowest BCUT2D eigenvalue weighted by Gasteiger charge is -2.03. The van der Waals surface area contributed by atoms with Crippen molar-refractivity contribution in [3.8, 4) is 5.69 Å². The smallest absolute Gasteiger partial charge is 0.178 e. The lowest BCUT2D eigenvalue weighted by molar-refractivity contribution is 0.606. The van der Waals surface area contributed by atoms with Crippen LogP contribution >= 0.6 is 0 Å². The first-order chi connectivity index (χ1) is 8.83. The quantitative estimate of drug-likeness (QED) is 0.638. The normalized spacial score (nSPS) is 10.7. The molecule has 2 heterocycles. The standard InChI is InChI=1S/C9H7FN8/c10-7-1-3-8(4-2-7)18-9(12-14-16-18)5-17-6-11-13-15-17/h1-4,6H,5H2. The second-order valence-corrected chi connectivity index (χ2v) is 3.49. The van der Waals surface area contributed by atoms with E-state index >= 15 is 0 Å². The summed E-state index contributed by atoms with van der Waals surface area (Å²) in [6.45, 7) is 0.331. The summed E-state index contributed by atoms with van der Waals surface area (Å²) in [6, 6.07) is 5.87. The van der Waals surface area contributed by atoms with Crippen LogP contribution in [0.2, 0.25) is 0 Å². The van der Waals surface area contributed by atoms with Crippen molar-refractivity contribution in [1.29, 1.82) is 0 Å². The largest absolute Gasteiger partial charge is 0.225 e. The highest BCUT2D eigenvalue weighted by Gasteiger charge is 2.09. The van der Waals surface area contributed by atoms with Gasteiger partial charge in [-0.15, -0.1) is 10.2 Å². The molecule has 0 amide bonds. The van der Waals surface area contributed by atoms with Crippen LogP contribution in [0.15, 0.2) is 30.6 Å². The first kappa shape index (κ1) is 10.4. The molecule has 0 atom stereocenters. The maximum Gasteiger partial charge on any atom is 0.178 e. The van der Waals surface area contributed by atoms with Crippen molar-refractivity contribution in [1.82, 2.24) is 40.4 Å². The summed E-state index contributed by atoms with van der Waals surface area (Å²) in [4.78, 5) is 0. The van der Waals surface area contributed by atoms with Crippen molar-refractivity contribution in [2.75, 3.05) is 0 Å². The van der Waals surface area contributed by atoms with E-state index in [0.717, 1.165) is 0 Å². The minimum absolute atomic E-state index is 0.311. The van der Waals surface area contributed by atoms with Gasteiger partial charge in [0, 0.05) is 0 Å². The van der Waals surface area contributed by atoms with Crippen molar-refractivity contribution in [3.05, 3.63) is 42.2 Å². The number of rotatable bonds is 3. The minimum atomic E-state index is -0.311. The highest BCUT2D eigenvalue weighted by molar-refractivity contribution is 5.31. The molecule has 0 radical (unpaired) electrons. The highest BCUT2D eigenvalue weighted by Crippen LogP contribution is 2.09. The van der Waals surface area contributed by atoms with E-state index in [-0.39, 0.29) is 5.82 Å². The molecule has 0 aliphatic heterocycles. The van der Waals surface area contributed by atoms with E-state index in [2.05, 4.69) is 31.1 Å². The fourth-order valence-corrected chi connectivity index (χ4v) is 1.48. The van der Waals surface area contributed by atoms with Gasteiger partial charge in [0.2, 0.25) is 0 Å². The van der Waals surface area contributed by atoms with Gasteiger partial charge in [0.05, 0.1) is 5.69 Å². The Morgan fingerprint density at radius 2 is 1.89 bits per heavy atom. The molecular weight excluding hydrogens is 239 g/mol. The van der Waals surface area contributed by atoms with E-state index < -0.39 is 0 Å². The number of tetrazole rings is 2. The summed E-state index contributed by atoms with van der Waals surface area (Å²) in [7, 11) is 0. The van der Waals surface area contributed by atoms with Gasteiger partial charge in [-0.1, -0.05) is 0 Å². The van der Waals surface area contributed by atoms with Crippen LogP contribution in [-0.4, -0.2) is 40.4 Å². The molecule has 0 saturated carbocycles. The van der Waals surface area contributed by atoms with Crippen LogP contribution in [0.3, 0.4) is 0 Å². The van der Waals surface area contributed by atoms with Gasteiger partial charge in [0.25, 0.3) is 0 Å². The van der Waals surface area contributed by atoms with Crippen molar-refractivity contribution < 1.29 is 4.39 Å². The maximum atomic E-state index is 12.8. The van der Waals surface area contributed by atoms with Crippen molar-refractivity contribution >= 4 is 0 Å². The molecule has 2 aromatic heterocycles. The predicted octanol–water partition coefficient (Wildman–Crippen LogP) is -0.164. The number of benzene rings is 1. The zero-order valence-electron chi connectivity index (χ0n) is 9.05. The van der Waals surface area contributed by atoms with Crippen LogP contribution in [0.25, 0.3) is 5.69 Å². The van der Waals surface area contributed by atoms with Gasteiger partial charge in [-0.05, 0) is 45.1 Å². The summed E-state index contributed by atoms with van der Waals surface area (Å²) in [5.41, 5.74) is 0.671. The molecule has 0 aliphatic carbocycles. The Hall–Kier alpha value is -2.71. The van der Waals surface area contributed by atoms with E-state index in [1.54, 1.807) is 12.1 Å². The molecule has 0 unspecified atom stereocenters. The summed E-state index contributed by atoms with van der Waals surface area (Å²) in [5.74, 6) is 0.239. The molecule has 3 rings (SSSR count). The third-order valence-corrected chi connectivity index (χ3v) is 2.30. The van der Waals surface area contributed by atoms with Crippen molar-refractivity contribution in [2.24, 2.45) is 0 Å². The Morgan fingerprint density at radius 1 is 1.06 bits per heavy atom.